The van der Waals surface area contributed by atoms with E-state index in [4.69, 9.17) is 5.73 Å². The van der Waals surface area contributed by atoms with Crippen molar-refractivity contribution < 1.29 is 4.79 Å². The molecule has 0 aliphatic heterocycles. The van der Waals surface area contributed by atoms with E-state index in [0.29, 0.717) is 17.9 Å². The number of hydrogen-bond acceptors (Lipinski definition) is 2. The van der Waals surface area contributed by atoms with Crippen molar-refractivity contribution in [3.8, 4) is 0 Å². The van der Waals surface area contributed by atoms with Crippen LogP contribution in [0.4, 0.5) is 11.4 Å². The fraction of sp³-hybridized carbons (Fsp3) is 0.214. The first-order chi connectivity index (χ1) is 8.60. The average molecular weight is 243 g/mol. The highest BCUT2D eigenvalue weighted by Crippen LogP contribution is 2.14. The molecule has 0 fully saturated rings. The molecular formula is C14H17N3O. The van der Waals surface area contributed by atoms with Gasteiger partial charge in [0.05, 0.1) is 5.69 Å². The number of aryl methyl sites for hydroxylation is 2. The molecule has 0 bridgehead atoms. The molecule has 0 spiro atoms. The van der Waals surface area contributed by atoms with Gasteiger partial charge in [0.15, 0.2) is 0 Å². The molecule has 0 unspecified atom stereocenters. The summed E-state index contributed by atoms with van der Waals surface area (Å²) in [6.07, 6.45) is 1.77. The predicted octanol–water partition coefficient (Wildman–Crippen LogP) is 2.65. The van der Waals surface area contributed by atoms with Crippen molar-refractivity contribution in [3.05, 3.63) is 47.8 Å². The highest BCUT2D eigenvalue weighted by Gasteiger charge is 2.12. The Kier molecular flexibility index (Phi) is 3.37. The summed E-state index contributed by atoms with van der Waals surface area (Å²) in [5, 5.41) is 2.87. The fourth-order valence-corrected chi connectivity index (χ4v) is 1.90. The summed E-state index contributed by atoms with van der Waals surface area (Å²) in [6.45, 7) is 4.68. The molecule has 0 saturated carbocycles. The zero-order valence-electron chi connectivity index (χ0n) is 10.6. The SMILES string of the molecule is CCn1cc(N)cc1C(=O)Nc1cccc(C)c1. The highest BCUT2D eigenvalue weighted by molar-refractivity contribution is 6.03. The molecule has 0 atom stereocenters. The van der Waals surface area contributed by atoms with Gasteiger partial charge in [-0.05, 0) is 37.6 Å². The van der Waals surface area contributed by atoms with E-state index < -0.39 is 0 Å². The molecule has 1 heterocycles. The third kappa shape index (κ3) is 2.53. The van der Waals surface area contributed by atoms with Crippen LogP contribution in [0, 0.1) is 6.92 Å². The summed E-state index contributed by atoms with van der Waals surface area (Å²) in [4.78, 5) is 12.1. The van der Waals surface area contributed by atoms with E-state index in [1.807, 2.05) is 42.7 Å². The van der Waals surface area contributed by atoms with Gasteiger partial charge in [-0.1, -0.05) is 12.1 Å². The van der Waals surface area contributed by atoms with E-state index in [1.54, 1.807) is 12.3 Å². The average Bonchev–Trinajstić information content (AvgIpc) is 2.70. The molecule has 0 radical (unpaired) electrons. The van der Waals surface area contributed by atoms with Gasteiger partial charge in [-0.3, -0.25) is 4.79 Å². The van der Waals surface area contributed by atoms with Gasteiger partial charge in [-0.25, -0.2) is 0 Å². The molecular weight excluding hydrogens is 226 g/mol. The van der Waals surface area contributed by atoms with Gasteiger partial charge in [-0.15, -0.1) is 0 Å². The van der Waals surface area contributed by atoms with Gasteiger partial charge in [0.25, 0.3) is 5.91 Å². The zero-order valence-corrected chi connectivity index (χ0v) is 10.6. The van der Waals surface area contributed by atoms with Crippen LogP contribution in [-0.2, 0) is 6.54 Å². The number of nitrogens with two attached hydrogens (primary N) is 1. The molecule has 1 aromatic carbocycles. The van der Waals surface area contributed by atoms with Crippen LogP contribution in [0.1, 0.15) is 23.0 Å². The van der Waals surface area contributed by atoms with Crippen LogP contribution in [0.2, 0.25) is 0 Å². The topological polar surface area (TPSA) is 60.0 Å². The number of amides is 1. The quantitative estimate of drug-likeness (QED) is 0.870. The van der Waals surface area contributed by atoms with Crippen molar-refractivity contribution in [2.45, 2.75) is 20.4 Å². The Labute approximate surface area is 106 Å². The second-order valence-electron chi connectivity index (χ2n) is 4.27. The monoisotopic (exact) mass is 243 g/mol. The normalized spacial score (nSPS) is 10.3. The number of carbonyl (C=O) groups is 1. The van der Waals surface area contributed by atoms with E-state index in [0.717, 1.165) is 11.3 Å². The Morgan fingerprint density at radius 2 is 2.17 bits per heavy atom. The molecule has 3 N–H and O–H groups in total. The second kappa shape index (κ2) is 4.96. The van der Waals surface area contributed by atoms with E-state index in [1.165, 1.54) is 0 Å². The van der Waals surface area contributed by atoms with E-state index in [2.05, 4.69) is 5.32 Å². The third-order valence-corrected chi connectivity index (χ3v) is 2.77. The first-order valence-corrected chi connectivity index (χ1v) is 5.94. The van der Waals surface area contributed by atoms with Crippen molar-refractivity contribution in [2.75, 3.05) is 11.1 Å². The van der Waals surface area contributed by atoms with Gasteiger partial charge < -0.3 is 15.6 Å². The molecule has 0 saturated heterocycles. The molecule has 18 heavy (non-hydrogen) atoms. The van der Waals surface area contributed by atoms with Crippen LogP contribution in [0.25, 0.3) is 0 Å². The minimum absolute atomic E-state index is 0.140. The Morgan fingerprint density at radius 1 is 1.39 bits per heavy atom. The molecule has 4 nitrogen and oxygen atoms in total. The summed E-state index contributed by atoms with van der Waals surface area (Å²) in [5.74, 6) is -0.140. The number of nitrogen functional groups attached to an aromatic ring is 1. The van der Waals surface area contributed by atoms with Crippen LogP contribution >= 0.6 is 0 Å². The number of rotatable bonds is 3. The van der Waals surface area contributed by atoms with Gasteiger partial charge in [0.2, 0.25) is 0 Å². The summed E-state index contributed by atoms with van der Waals surface area (Å²) in [6, 6.07) is 9.39. The molecule has 0 aliphatic carbocycles. The van der Waals surface area contributed by atoms with Crippen molar-refractivity contribution in [3.63, 3.8) is 0 Å². The van der Waals surface area contributed by atoms with E-state index in [-0.39, 0.29) is 5.91 Å². The minimum Gasteiger partial charge on any atom is -0.397 e. The van der Waals surface area contributed by atoms with Gasteiger partial charge in [-0.2, -0.15) is 0 Å². The number of anilines is 2. The smallest absolute Gasteiger partial charge is 0.272 e. The summed E-state index contributed by atoms with van der Waals surface area (Å²) in [7, 11) is 0. The number of aromatic nitrogens is 1. The molecule has 1 aromatic heterocycles. The Bertz CT molecular complexity index is 572. The van der Waals surface area contributed by atoms with Crippen molar-refractivity contribution in [2.24, 2.45) is 0 Å². The first kappa shape index (κ1) is 12.2. The van der Waals surface area contributed by atoms with Crippen molar-refractivity contribution >= 4 is 17.3 Å². The lowest BCUT2D eigenvalue weighted by Crippen LogP contribution is -2.16. The Balaban J connectivity index is 2.21. The van der Waals surface area contributed by atoms with Gasteiger partial charge in [0, 0.05) is 18.4 Å². The molecule has 4 heteroatoms. The second-order valence-corrected chi connectivity index (χ2v) is 4.27. The number of carbonyl (C=O) groups excluding carboxylic acids is 1. The maximum Gasteiger partial charge on any atom is 0.272 e. The van der Waals surface area contributed by atoms with Crippen molar-refractivity contribution in [1.29, 1.82) is 0 Å². The molecule has 0 aliphatic rings. The minimum atomic E-state index is -0.140. The fourth-order valence-electron chi connectivity index (χ4n) is 1.90. The van der Waals surface area contributed by atoms with Crippen molar-refractivity contribution in [1.82, 2.24) is 4.57 Å². The van der Waals surface area contributed by atoms with Crippen LogP contribution in [-0.4, -0.2) is 10.5 Å². The number of nitrogens with one attached hydrogen (secondary N) is 1. The summed E-state index contributed by atoms with van der Waals surface area (Å²) < 4.78 is 1.83. The highest BCUT2D eigenvalue weighted by atomic mass is 16.1. The van der Waals surface area contributed by atoms with Gasteiger partial charge >= 0.3 is 0 Å². The molecule has 94 valence electrons. The lowest BCUT2D eigenvalue weighted by atomic mass is 10.2. The van der Waals surface area contributed by atoms with Crippen LogP contribution in [0.3, 0.4) is 0 Å². The van der Waals surface area contributed by atoms with Crippen LogP contribution < -0.4 is 11.1 Å². The Hall–Kier alpha value is -2.23. The molecule has 1 amide bonds. The number of nitrogens with zero attached hydrogens (tertiary/aromatic N) is 1. The number of hydrogen-bond donors (Lipinski definition) is 2. The van der Waals surface area contributed by atoms with Crippen LogP contribution in [0.5, 0.6) is 0 Å². The third-order valence-electron chi connectivity index (χ3n) is 2.77. The lowest BCUT2D eigenvalue weighted by Gasteiger charge is -2.08. The lowest BCUT2D eigenvalue weighted by molar-refractivity contribution is 0.101. The van der Waals surface area contributed by atoms with E-state index >= 15 is 0 Å². The standard InChI is InChI=1S/C14H17N3O/c1-3-17-9-11(15)8-13(17)14(18)16-12-6-4-5-10(2)7-12/h4-9H,3,15H2,1-2H3,(H,16,18). The molecule has 2 rings (SSSR count). The first-order valence-electron chi connectivity index (χ1n) is 5.94. The summed E-state index contributed by atoms with van der Waals surface area (Å²) in [5.41, 5.74) is 8.80. The Morgan fingerprint density at radius 3 is 2.83 bits per heavy atom. The zero-order chi connectivity index (χ0) is 13.1. The maximum absolute atomic E-state index is 12.1. The van der Waals surface area contributed by atoms with Gasteiger partial charge in [0.1, 0.15) is 5.69 Å². The number of benzene rings is 1. The summed E-state index contributed by atoms with van der Waals surface area (Å²) >= 11 is 0. The van der Waals surface area contributed by atoms with Crippen LogP contribution in [0.15, 0.2) is 36.5 Å². The predicted molar refractivity (Wildman–Crippen MR) is 73.7 cm³/mol. The van der Waals surface area contributed by atoms with E-state index in [9.17, 15) is 4.79 Å². The largest absolute Gasteiger partial charge is 0.397 e. The molecule has 2 aromatic rings. The maximum atomic E-state index is 12.1.